The smallest absolute Gasteiger partial charge is 0.221 e. The van der Waals surface area contributed by atoms with E-state index in [1.165, 1.54) is 6.07 Å². The van der Waals surface area contributed by atoms with E-state index in [2.05, 4.69) is 15.9 Å². The number of hydrogen-bond acceptors (Lipinski definition) is 1. The highest BCUT2D eigenvalue weighted by molar-refractivity contribution is 9.10. The highest BCUT2D eigenvalue weighted by Crippen LogP contribution is 2.17. The van der Waals surface area contributed by atoms with E-state index < -0.39 is 5.24 Å². The van der Waals surface area contributed by atoms with Gasteiger partial charge in [0.2, 0.25) is 5.24 Å². The molecule has 13 heavy (non-hydrogen) atoms. The lowest BCUT2D eigenvalue weighted by Crippen LogP contribution is -1.94. The Morgan fingerprint density at radius 1 is 1.54 bits per heavy atom. The van der Waals surface area contributed by atoms with Crippen molar-refractivity contribution in [2.24, 2.45) is 0 Å². The van der Waals surface area contributed by atoms with Crippen molar-refractivity contribution in [3.63, 3.8) is 0 Å². The van der Waals surface area contributed by atoms with Crippen LogP contribution in [0.4, 0.5) is 4.39 Å². The van der Waals surface area contributed by atoms with Gasteiger partial charge >= 0.3 is 0 Å². The SMILES string of the molecule is O=C(Cl)CCc1cc(Br)ccc1F. The molecule has 0 aliphatic carbocycles. The predicted molar refractivity (Wildman–Crippen MR) is 53.3 cm³/mol. The molecule has 1 rings (SSSR count). The predicted octanol–water partition coefficient (Wildman–Crippen LogP) is 3.29. The third-order valence-corrected chi connectivity index (χ3v) is 2.28. The summed E-state index contributed by atoms with van der Waals surface area (Å²) in [6.07, 6.45) is 0.503. The molecule has 0 bridgehead atoms. The Labute approximate surface area is 89.0 Å². The van der Waals surface area contributed by atoms with Crippen molar-refractivity contribution in [1.29, 1.82) is 0 Å². The Bertz CT molecular complexity index is 327. The van der Waals surface area contributed by atoms with Gasteiger partial charge in [0.15, 0.2) is 0 Å². The molecule has 0 saturated carbocycles. The van der Waals surface area contributed by atoms with Gasteiger partial charge in [0, 0.05) is 10.9 Å². The van der Waals surface area contributed by atoms with Crippen molar-refractivity contribution in [2.45, 2.75) is 12.8 Å². The zero-order chi connectivity index (χ0) is 9.84. The minimum Gasteiger partial charge on any atom is -0.281 e. The van der Waals surface area contributed by atoms with Crippen molar-refractivity contribution in [3.8, 4) is 0 Å². The van der Waals surface area contributed by atoms with Gasteiger partial charge in [0.05, 0.1) is 0 Å². The zero-order valence-electron chi connectivity index (χ0n) is 6.69. The van der Waals surface area contributed by atoms with Gasteiger partial charge in [0.25, 0.3) is 0 Å². The van der Waals surface area contributed by atoms with Crippen LogP contribution in [-0.2, 0) is 11.2 Å². The molecule has 4 heteroatoms. The van der Waals surface area contributed by atoms with Crippen LogP contribution in [-0.4, -0.2) is 5.24 Å². The molecule has 0 heterocycles. The first-order chi connectivity index (χ1) is 6.09. The van der Waals surface area contributed by atoms with Gasteiger partial charge in [-0.15, -0.1) is 0 Å². The fourth-order valence-corrected chi connectivity index (χ4v) is 1.47. The highest BCUT2D eigenvalue weighted by atomic mass is 79.9. The third-order valence-electron chi connectivity index (χ3n) is 1.60. The van der Waals surface area contributed by atoms with E-state index in [-0.39, 0.29) is 12.2 Å². The van der Waals surface area contributed by atoms with Crippen LogP contribution in [0, 0.1) is 5.82 Å². The van der Waals surface area contributed by atoms with E-state index in [0.717, 1.165) is 4.47 Å². The topological polar surface area (TPSA) is 17.1 Å². The van der Waals surface area contributed by atoms with E-state index in [1.54, 1.807) is 12.1 Å². The van der Waals surface area contributed by atoms with Gasteiger partial charge < -0.3 is 0 Å². The number of halogens is 3. The molecule has 0 saturated heterocycles. The lowest BCUT2D eigenvalue weighted by Gasteiger charge is -2.01. The number of carbonyl (C=O) groups excluding carboxylic acids is 1. The maximum atomic E-state index is 13.0. The molecular weight excluding hydrogens is 258 g/mol. The van der Waals surface area contributed by atoms with Gasteiger partial charge in [-0.3, -0.25) is 4.79 Å². The lowest BCUT2D eigenvalue weighted by atomic mass is 10.1. The van der Waals surface area contributed by atoms with Crippen LogP contribution in [0.1, 0.15) is 12.0 Å². The van der Waals surface area contributed by atoms with E-state index in [0.29, 0.717) is 12.0 Å². The molecule has 0 amide bonds. The minimum atomic E-state index is -0.445. The minimum absolute atomic E-state index is 0.162. The van der Waals surface area contributed by atoms with E-state index in [1.807, 2.05) is 0 Å². The standard InChI is InChI=1S/C9H7BrClFO/c10-7-2-3-8(12)6(5-7)1-4-9(11)13/h2-3,5H,1,4H2. The van der Waals surface area contributed by atoms with Crippen molar-refractivity contribution in [2.75, 3.05) is 0 Å². The fourth-order valence-electron chi connectivity index (χ4n) is 0.968. The van der Waals surface area contributed by atoms with Gasteiger partial charge in [-0.05, 0) is 41.8 Å². The Balaban J connectivity index is 2.75. The monoisotopic (exact) mass is 264 g/mol. The average Bonchev–Trinajstić information content (AvgIpc) is 2.06. The molecule has 0 aromatic heterocycles. The second-order valence-electron chi connectivity index (χ2n) is 2.59. The van der Waals surface area contributed by atoms with Gasteiger partial charge in [0.1, 0.15) is 5.82 Å². The first-order valence-corrected chi connectivity index (χ1v) is 4.89. The second-order valence-corrected chi connectivity index (χ2v) is 3.93. The summed E-state index contributed by atoms with van der Waals surface area (Å²) in [5.74, 6) is -0.305. The third kappa shape index (κ3) is 3.44. The summed E-state index contributed by atoms with van der Waals surface area (Å²) in [5.41, 5.74) is 0.503. The summed E-state index contributed by atoms with van der Waals surface area (Å²) in [5, 5.41) is -0.445. The Hall–Kier alpha value is -0.410. The molecule has 0 N–H and O–H groups in total. The highest BCUT2D eigenvalue weighted by Gasteiger charge is 2.04. The molecule has 1 aromatic carbocycles. The van der Waals surface area contributed by atoms with E-state index in [9.17, 15) is 9.18 Å². The van der Waals surface area contributed by atoms with Crippen molar-refractivity contribution < 1.29 is 9.18 Å². The molecular formula is C9H7BrClFO. The largest absolute Gasteiger partial charge is 0.281 e. The van der Waals surface area contributed by atoms with Crippen LogP contribution in [0.25, 0.3) is 0 Å². The fraction of sp³-hybridized carbons (Fsp3) is 0.222. The maximum Gasteiger partial charge on any atom is 0.221 e. The summed E-state index contributed by atoms with van der Waals surface area (Å²) < 4.78 is 13.8. The lowest BCUT2D eigenvalue weighted by molar-refractivity contribution is -0.111. The first-order valence-electron chi connectivity index (χ1n) is 3.72. The number of aryl methyl sites for hydroxylation is 1. The molecule has 1 aromatic rings. The second kappa shape index (κ2) is 4.72. The van der Waals surface area contributed by atoms with Crippen LogP contribution >= 0.6 is 27.5 Å². The van der Waals surface area contributed by atoms with Crippen LogP contribution in [0.5, 0.6) is 0 Å². The van der Waals surface area contributed by atoms with Crippen LogP contribution in [0.2, 0.25) is 0 Å². The van der Waals surface area contributed by atoms with Gasteiger partial charge in [-0.25, -0.2) is 4.39 Å². The summed E-state index contributed by atoms with van der Waals surface area (Å²) in [7, 11) is 0. The molecule has 1 nitrogen and oxygen atoms in total. The Kier molecular flexibility index (Phi) is 3.88. The van der Waals surface area contributed by atoms with Crippen molar-refractivity contribution in [1.82, 2.24) is 0 Å². The van der Waals surface area contributed by atoms with Gasteiger partial charge in [-0.1, -0.05) is 15.9 Å². The average molecular weight is 266 g/mol. The summed E-state index contributed by atoms with van der Waals surface area (Å²) >= 11 is 8.37. The number of carbonyl (C=O) groups is 1. The van der Waals surface area contributed by atoms with E-state index >= 15 is 0 Å². The van der Waals surface area contributed by atoms with Crippen LogP contribution < -0.4 is 0 Å². The molecule has 0 fully saturated rings. The van der Waals surface area contributed by atoms with Crippen molar-refractivity contribution >= 4 is 32.8 Å². The Morgan fingerprint density at radius 2 is 2.23 bits per heavy atom. The molecule has 0 aliphatic heterocycles. The first kappa shape index (κ1) is 10.7. The maximum absolute atomic E-state index is 13.0. The van der Waals surface area contributed by atoms with Crippen LogP contribution in [0.15, 0.2) is 22.7 Å². The Morgan fingerprint density at radius 3 is 2.85 bits per heavy atom. The quantitative estimate of drug-likeness (QED) is 0.767. The summed E-state index contributed by atoms with van der Waals surface area (Å²) in [6.45, 7) is 0. The molecule has 0 radical (unpaired) electrons. The number of hydrogen-bond donors (Lipinski definition) is 0. The molecule has 0 unspecified atom stereocenters. The molecule has 0 aliphatic rings. The molecule has 0 atom stereocenters. The zero-order valence-corrected chi connectivity index (χ0v) is 9.03. The van der Waals surface area contributed by atoms with Crippen LogP contribution in [0.3, 0.4) is 0 Å². The number of rotatable bonds is 3. The van der Waals surface area contributed by atoms with Gasteiger partial charge in [-0.2, -0.15) is 0 Å². The molecule has 70 valence electrons. The summed E-state index contributed by atoms with van der Waals surface area (Å²) in [4.78, 5) is 10.4. The summed E-state index contributed by atoms with van der Waals surface area (Å²) in [6, 6.07) is 4.62. The molecule has 0 spiro atoms. The van der Waals surface area contributed by atoms with E-state index in [4.69, 9.17) is 11.6 Å². The number of benzene rings is 1. The van der Waals surface area contributed by atoms with Crippen molar-refractivity contribution in [3.05, 3.63) is 34.1 Å². The normalized spacial score (nSPS) is 10.1.